The third-order valence-electron chi connectivity index (χ3n) is 6.04. The number of likely N-dealkylation sites (tertiary alicyclic amines) is 1. The van der Waals surface area contributed by atoms with Gasteiger partial charge in [0.15, 0.2) is 0 Å². The van der Waals surface area contributed by atoms with Crippen LogP contribution >= 0.6 is 0 Å². The van der Waals surface area contributed by atoms with Crippen LogP contribution in [0.1, 0.15) is 44.6 Å². The van der Waals surface area contributed by atoms with Gasteiger partial charge in [-0.25, -0.2) is 4.39 Å². The number of carbonyl (C=O) groups is 1. The van der Waals surface area contributed by atoms with Crippen molar-refractivity contribution in [3.8, 4) is 11.8 Å². The van der Waals surface area contributed by atoms with E-state index in [4.69, 9.17) is 15.7 Å². The number of nitrogens with two attached hydrogens (primary N) is 1. The Labute approximate surface area is 160 Å². The SMILES string of the molecule is C[C@@H](C1CCC(Oc2ccc(C#N)cc2)CC1)[C@H](N)C(=O)N1CC[C@H](F)C1. The van der Waals surface area contributed by atoms with Gasteiger partial charge in [0.05, 0.1) is 30.3 Å². The second-order valence-corrected chi connectivity index (χ2v) is 7.85. The highest BCUT2D eigenvalue weighted by Gasteiger charge is 2.36. The molecule has 2 N–H and O–H groups in total. The molecule has 1 saturated heterocycles. The fourth-order valence-electron chi connectivity index (χ4n) is 4.18. The van der Waals surface area contributed by atoms with Crippen LogP contribution in [0.5, 0.6) is 5.75 Å². The Morgan fingerprint density at radius 1 is 1.26 bits per heavy atom. The predicted octanol–water partition coefficient (Wildman–Crippen LogP) is 3.03. The summed E-state index contributed by atoms with van der Waals surface area (Å²) in [6, 6.07) is 8.71. The maximum Gasteiger partial charge on any atom is 0.239 e. The molecule has 3 atom stereocenters. The zero-order valence-electron chi connectivity index (χ0n) is 15.8. The summed E-state index contributed by atoms with van der Waals surface area (Å²) < 4.78 is 19.4. The van der Waals surface area contributed by atoms with Crippen LogP contribution in [0.25, 0.3) is 0 Å². The zero-order chi connectivity index (χ0) is 19.4. The summed E-state index contributed by atoms with van der Waals surface area (Å²) in [5.41, 5.74) is 6.85. The van der Waals surface area contributed by atoms with Gasteiger partial charge in [-0.2, -0.15) is 5.26 Å². The molecule has 27 heavy (non-hydrogen) atoms. The van der Waals surface area contributed by atoms with Crippen LogP contribution in [-0.2, 0) is 4.79 Å². The molecule has 0 aromatic heterocycles. The Kier molecular flexibility index (Phi) is 6.33. The van der Waals surface area contributed by atoms with Crippen LogP contribution in [0, 0.1) is 23.2 Å². The standard InChI is InChI=1S/C21H28FN3O2/c1-14(20(24)21(26)25-11-10-17(22)13-25)16-4-8-19(9-5-16)27-18-6-2-15(12-23)3-7-18/h2-3,6-7,14,16-17,19-20H,4-5,8-11,13,24H2,1H3/t14-,16?,17-,19?,20-/m0/s1. The van der Waals surface area contributed by atoms with Crippen molar-refractivity contribution in [1.29, 1.82) is 5.26 Å². The molecule has 0 radical (unpaired) electrons. The van der Waals surface area contributed by atoms with Crippen molar-refractivity contribution in [2.75, 3.05) is 13.1 Å². The summed E-state index contributed by atoms with van der Waals surface area (Å²) in [5.74, 6) is 1.13. The lowest BCUT2D eigenvalue weighted by Crippen LogP contribution is -2.48. The van der Waals surface area contributed by atoms with Crippen LogP contribution < -0.4 is 10.5 Å². The van der Waals surface area contributed by atoms with E-state index in [0.717, 1.165) is 31.4 Å². The Morgan fingerprint density at radius 2 is 1.93 bits per heavy atom. The first-order chi connectivity index (χ1) is 13.0. The Bertz CT molecular complexity index is 680. The van der Waals surface area contributed by atoms with Crippen molar-refractivity contribution in [3.05, 3.63) is 29.8 Å². The minimum atomic E-state index is -0.911. The highest BCUT2D eigenvalue weighted by atomic mass is 19.1. The number of nitrogens with zero attached hydrogens (tertiary/aromatic N) is 2. The van der Waals surface area contributed by atoms with Gasteiger partial charge in [0.1, 0.15) is 11.9 Å². The van der Waals surface area contributed by atoms with Gasteiger partial charge in [-0.3, -0.25) is 4.79 Å². The van der Waals surface area contributed by atoms with Gasteiger partial charge in [-0.15, -0.1) is 0 Å². The molecule has 1 saturated carbocycles. The molecule has 146 valence electrons. The van der Waals surface area contributed by atoms with Gasteiger partial charge >= 0.3 is 0 Å². The predicted molar refractivity (Wildman–Crippen MR) is 101 cm³/mol. The molecule has 1 aliphatic carbocycles. The van der Waals surface area contributed by atoms with Crippen molar-refractivity contribution in [2.45, 2.75) is 57.3 Å². The van der Waals surface area contributed by atoms with E-state index in [2.05, 4.69) is 6.07 Å². The molecular weight excluding hydrogens is 345 g/mol. The Morgan fingerprint density at radius 3 is 2.48 bits per heavy atom. The number of hydrogen-bond donors (Lipinski definition) is 1. The average Bonchev–Trinajstić information content (AvgIpc) is 3.14. The molecule has 1 amide bonds. The van der Waals surface area contributed by atoms with Crippen molar-refractivity contribution in [1.82, 2.24) is 4.90 Å². The fourth-order valence-corrected chi connectivity index (χ4v) is 4.18. The van der Waals surface area contributed by atoms with E-state index in [0.29, 0.717) is 24.4 Å². The number of amides is 1. The molecule has 3 rings (SSSR count). The number of carbonyl (C=O) groups excluding carboxylic acids is 1. The van der Waals surface area contributed by atoms with E-state index in [-0.39, 0.29) is 24.5 Å². The molecule has 2 aliphatic rings. The van der Waals surface area contributed by atoms with Gasteiger partial charge in [0.25, 0.3) is 0 Å². The molecule has 0 unspecified atom stereocenters. The lowest BCUT2D eigenvalue weighted by atomic mass is 9.76. The van der Waals surface area contributed by atoms with Crippen LogP contribution in [0.4, 0.5) is 4.39 Å². The molecule has 1 aliphatic heterocycles. The molecule has 5 nitrogen and oxygen atoms in total. The highest BCUT2D eigenvalue weighted by molar-refractivity contribution is 5.82. The summed E-state index contributed by atoms with van der Waals surface area (Å²) in [6.07, 6.45) is 3.44. The molecule has 0 spiro atoms. The van der Waals surface area contributed by atoms with E-state index in [9.17, 15) is 9.18 Å². The number of rotatable bonds is 5. The van der Waals surface area contributed by atoms with Gasteiger partial charge in [-0.05, 0) is 68.2 Å². The van der Waals surface area contributed by atoms with Crippen LogP contribution in [0.3, 0.4) is 0 Å². The van der Waals surface area contributed by atoms with Crippen molar-refractivity contribution in [3.63, 3.8) is 0 Å². The summed E-state index contributed by atoms with van der Waals surface area (Å²) in [7, 11) is 0. The third-order valence-corrected chi connectivity index (χ3v) is 6.04. The number of ether oxygens (including phenoxy) is 1. The molecule has 1 heterocycles. The molecule has 6 heteroatoms. The number of nitriles is 1. The van der Waals surface area contributed by atoms with Gasteiger partial charge in [0.2, 0.25) is 5.91 Å². The molecular formula is C21H28FN3O2. The maximum absolute atomic E-state index is 13.4. The van der Waals surface area contributed by atoms with E-state index < -0.39 is 12.2 Å². The Balaban J connectivity index is 1.47. The van der Waals surface area contributed by atoms with Crippen LogP contribution in [0.15, 0.2) is 24.3 Å². The normalized spacial score (nSPS) is 27.6. The minimum absolute atomic E-state index is 0.0759. The third kappa shape index (κ3) is 4.78. The first-order valence-corrected chi connectivity index (χ1v) is 9.83. The topological polar surface area (TPSA) is 79.3 Å². The number of alkyl halides is 1. The van der Waals surface area contributed by atoms with Gasteiger partial charge < -0.3 is 15.4 Å². The van der Waals surface area contributed by atoms with E-state index in [1.54, 1.807) is 17.0 Å². The number of hydrogen-bond acceptors (Lipinski definition) is 4. The summed E-state index contributed by atoms with van der Waals surface area (Å²) in [6.45, 7) is 2.70. The molecule has 0 bridgehead atoms. The van der Waals surface area contributed by atoms with Crippen LogP contribution in [0.2, 0.25) is 0 Å². The average molecular weight is 373 g/mol. The Hall–Kier alpha value is -2.13. The molecule has 2 fully saturated rings. The van der Waals surface area contributed by atoms with Gasteiger partial charge in [0, 0.05) is 6.54 Å². The van der Waals surface area contributed by atoms with E-state index >= 15 is 0 Å². The van der Waals surface area contributed by atoms with E-state index in [1.165, 1.54) is 0 Å². The highest BCUT2D eigenvalue weighted by Crippen LogP contribution is 2.34. The van der Waals surface area contributed by atoms with Crippen molar-refractivity contribution >= 4 is 5.91 Å². The van der Waals surface area contributed by atoms with Crippen LogP contribution in [-0.4, -0.2) is 42.2 Å². The second-order valence-electron chi connectivity index (χ2n) is 7.85. The fraction of sp³-hybridized carbons (Fsp3) is 0.619. The maximum atomic E-state index is 13.4. The first kappa shape index (κ1) is 19.6. The summed E-state index contributed by atoms with van der Waals surface area (Å²) in [4.78, 5) is 14.1. The first-order valence-electron chi connectivity index (χ1n) is 9.83. The largest absolute Gasteiger partial charge is 0.490 e. The summed E-state index contributed by atoms with van der Waals surface area (Å²) in [5, 5.41) is 8.85. The van der Waals surface area contributed by atoms with Crippen molar-refractivity contribution in [2.24, 2.45) is 17.6 Å². The smallest absolute Gasteiger partial charge is 0.239 e. The van der Waals surface area contributed by atoms with Gasteiger partial charge in [-0.1, -0.05) is 6.92 Å². The second kappa shape index (κ2) is 8.71. The number of benzene rings is 1. The zero-order valence-corrected chi connectivity index (χ0v) is 15.8. The van der Waals surface area contributed by atoms with Crippen molar-refractivity contribution < 1.29 is 13.9 Å². The molecule has 1 aromatic carbocycles. The lowest BCUT2D eigenvalue weighted by Gasteiger charge is -2.35. The molecule has 1 aromatic rings. The summed E-state index contributed by atoms with van der Waals surface area (Å²) >= 11 is 0. The van der Waals surface area contributed by atoms with E-state index in [1.807, 2.05) is 19.1 Å². The quantitative estimate of drug-likeness (QED) is 0.860. The monoisotopic (exact) mass is 373 g/mol. The number of halogens is 1. The lowest BCUT2D eigenvalue weighted by molar-refractivity contribution is -0.133. The minimum Gasteiger partial charge on any atom is -0.490 e.